The highest BCUT2D eigenvalue weighted by molar-refractivity contribution is 5.91. The number of nitrogens with one attached hydrogen (secondary N) is 2. The summed E-state index contributed by atoms with van der Waals surface area (Å²) in [6, 6.07) is 5.54. The van der Waals surface area contributed by atoms with Crippen LogP contribution >= 0.6 is 12.4 Å². The fraction of sp³-hybridized carbons (Fsp3) is 0.588. The second kappa shape index (κ2) is 8.41. The van der Waals surface area contributed by atoms with Gasteiger partial charge >= 0.3 is 0 Å². The van der Waals surface area contributed by atoms with E-state index in [9.17, 15) is 4.79 Å². The fourth-order valence-corrected chi connectivity index (χ4v) is 3.16. The predicted molar refractivity (Wildman–Crippen MR) is 92.7 cm³/mol. The number of amides is 1. The Morgan fingerprint density at radius 1 is 1.35 bits per heavy atom. The van der Waals surface area contributed by atoms with Gasteiger partial charge in [-0.2, -0.15) is 0 Å². The minimum atomic E-state index is 0. The number of ether oxygens (including phenoxy) is 2. The van der Waals surface area contributed by atoms with Crippen molar-refractivity contribution in [3.05, 3.63) is 18.2 Å². The maximum atomic E-state index is 12.2. The van der Waals surface area contributed by atoms with Gasteiger partial charge in [0.05, 0.1) is 0 Å². The third-order valence-electron chi connectivity index (χ3n) is 4.47. The first kappa shape index (κ1) is 17.9. The highest BCUT2D eigenvalue weighted by Gasteiger charge is 2.22. The fourth-order valence-electron chi connectivity index (χ4n) is 3.16. The van der Waals surface area contributed by atoms with Crippen molar-refractivity contribution in [3.63, 3.8) is 0 Å². The van der Waals surface area contributed by atoms with E-state index in [2.05, 4.69) is 17.6 Å². The van der Waals surface area contributed by atoms with Crippen LogP contribution in [0.15, 0.2) is 18.2 Å². The Kier molecular flexibility index (Phi) is 6.54. The van der Waals surface area contributed by atoms with Gasteiger partial charge in [-0.25, -0.2) is 0 Å². The summed E-state index contributed by atoms with van der Waals surface area (Å²) in [5, 5.41) is 6.38. The van der Waals surface area contributed by atoms with Gasteiger partial charge in [0.2, 0.25) is 5.91 Å². The Bertz CT molecular complexity index is 533. The van der Waals surface area contributed by atoms with Crippen molar-refractivity contribution in [1.29, 1.82) is 0 Å². The van der Waals surface area contributed by atoms with Crippen molar-refractivity contribution in [3.8, 4) is 11.5 Å². The molecule has 1 fully saturated rings. The zero-order valence-electron chi connectivity index (χ0n) is 13.5. The molecule has 1 saturated heterocycles. The predicted octanol–water partition coefficient (Wildman–Crippen LogP) is 2.84. The summed E-state index contributed by atoms with van der Waals surface area (Å²) in [6.07, 6.45) is 2.98. The lowest BCUT2D eigenvalue weighted by atomic mass is 9.85. The van der Waals surface area contributed by atoms with Gasteiger partial charge in [0, 0.05) is 18.2 Å². The SMILES string of the molecule is CC(CC(=O)Nc1ccc2c(c1)OCCO2)C1CCCNC1.Cl. The van der Waals surface area contributed by atoms with Gasteiger partial charge in [0.15, 0.2) is 11.5 Å². The van der Waals surface area contributed by atoms with Crippen LogP contribution in [0.3, 0.4) is 0 Å². The van der Waals surface area contributed by atoms with Crippen LogP contribution in [0.25, 0.3) is 0 Å². The van der Waals surface area contributed by atoms with Crippen LogP contribution in [0.1, 0.15) is 26.2 Å². The molecule has 23 heavy (non-hydrogen) atoms. The number of anilines is 1. The Morgan fingerprint density at radius 3 is 2.87 bits per heavy atom. The van der Waals surface area contributed by atoms with Gasteiger partial charge in [0.1, 0.15) is 13.2 Å². The van der Waals surface area contributed by atoms with E-state index in [4.69, 9.17) is 9.47 Å². The molecule has 6 heteroatoms. The van der Waals surface area contributed by atoms with Gasteiger partial charge in [-0.3, -0.25) is 4.79 Å². The molecular formula is C17H25ClN2O3. The van der Waals surface area contributed by atoms with Gasteiger partial charge in [-0.1, -0.05) is 6.92 Å². The Balaban J connectivity index is 0.00000192. The van der Waals surface area contributed by atoms with Crippen molar-refractivity contribution in [2.75, 3.05) is 31.6 Å². The molecule has 2 aliphatic rings. The van der Waals surface area contributed by atoms with Crippen LogP contribution in [-0.2, 0) is 4.79 Å². The van der Waals surface area contributed by atoms with E-state index in [0.717, 1.165) is 24.5 Å². The van der Waals surface area contributed by atoms with Crippen molar-refractivity contribution in [2.45, 2.75) is 26.2 Å². The molecule has 5 nitrogen and oxygen atoms in total. The monoisotopic (exact) mass is 340 g/mol. The van der Waals surface area contributed by atoms with Crippen LogP contribution in [-0.4, -0.2) is 32.2 Å². The van der Waals surface area contributed by atoms with Gasteiger partial charge in [-0.15, -0.1) is 12.4 Å². The highest BCUT2D eigenvalue weighted by atomic mass is 35.5. The molecule has 0 saturated carbocycles. The smallest absolute Gasteiger partial charge is 0.224 e. The molecule has 0 aromatic heterocycles. The van der Waals surface area contributed by atoms with Crippen molar-refractivity contribution in [1.82, 2.24) is 5.32 Å². The van der Waals surface area contributed by atoms with E-state index in [0.29, 0.717) is 37.2 Å². The summed E-state index contributed by atoms with van der Waals surface area (Å²) in [5.41, 5.74) is 0.767. The average molecular weight is 341 g/mol. The zero-order chi connectivity index (χ0) is 15.4. The molecule has 2 aliphatic heterocycles. The summed E-state index contributed by atoms with van der Waals surface area (Å²) in [5.74, 6) is 2.50. The third-order valence-corrected chi connectivity index (χ3v) is 4.47. The largest absolute Gasteiger partial charge is 0.486 e. The quantitative estimate of drug-likeness (QED) is 0.884. The molecule has 1 aromatic carbocycles. The number of halogens is 1. The summed E-state index contributed by atoms with van der Waals surface area (Å²) < 4.78 is 11.0. The minimum absolute atomic E-state index is 0. The summed E-state index contributed by atoms with van der Waals surface area (Å²) >= 11 is 0. The van der Waals surface area contributed by atoms with Crippen LogP contribution < -0.4 is 20.1 Å². The van der Waals surface area contributed by atoms with Gasteiger partial charge in [-0.05, 0) is 49.9 Å². The van der Waals surface area contributed by atoms with Gasteiger partial charge < -0.3 is 20.1 Å². The lowest BCUT2D eigenvalue weighted by molar-refractivity contribution is -0.117. The van der Waals surface area contributed by atoms with Crippen LogP contribution in [0.4, 0.5) is 5.69 Å². The molecule has 128 valence electrons. The number of hydrogen-bond acceptors (Lipinski definition) is 4. The van der Waals surface area contributed by atoms with E-state index in [-0.39, 0.29) is 18.3 Å². The first-order valence-electron chi connectivity index (χ1n) is 8.12. The van der Waals surface area contributed by atoms with E-state index in [1.807, 2.05) is 18.2 Å². The lowest BCUT2D eigenvalue weighted by Gasteiger charge is -2.28. The number of hydrogen-bond donors (Lipinski definition) is 2. The molecule has 0 bridgehead atoms. The van der Waals surface area contributed by atoms with Crippen molar-refractivity contribution < 1.29 is 14.3 Å². The van der Waals surface area contributed by atoms with Crippen molar-refractivity contribution in [2.24, 2.45) is 11.8 Å². The van der Waals surface area contributed by atoms with E-state index in [1.54, 1.807) is 0 Å². The number of rotatable bonds is 4. The zero-order valence-corrected chi connectivity index (χ0v) is 14.3. The summed E-state index contributed by atoms with van der Waals surface area (Å²) in [6.45, 7) is 5.42. The van der Waals surface area contributed by atoms with Crippen LogP contribution in [0, 0.1) is 11.8 Å². The van der Waals surface area contributed by atoms with Gasteiger partial charge in [0.25, 0.3) is 0 Å². The number of fused-ring (bicyclic) bond motifs is 1. The highest BCUT2D eigenvalue weighted by Crippen LogP contribution is 2.32. The lowest BCUT2D eigenvalue weighted by Crippen LogP contribution is -2.34. The van der Waals surface area contributed by atoms with Crippen molar-refractivity contribution >= 4 is 24.0 Å². The molecule has 2 atom stereocenters. The van der Waals surface area contributed by atoms with E-state index >= 15 is 0 Å². The molecule has 0 spiro atoms. The number of piperidine rings is 1. The molecule has 1 amide bonds. The standard InChI is InChI=1S/C17H24N2O3.ClH/c1-12(13-3-2-6-18-11-13)9-17(20)19-14-4-5-15-16(10-14)22-8-7-21-15;/h4-5,10,12-13,18H,2-3,6-9,11H2,1H3,(H,19,20);1H. The number of benzene rings is 1. The molecule has 2 unspecified atom stereocenters. The summed E-state index contributed by atoms with van der Waals surface area (Å²) in [4.78, 5) is 12.2. The second-order valence-electron chi connectivity index (χ2n) is 6.19. The molecule has 0 aliphatic carbocycles. The van der Waals surface area contributed by atoms with E-state index < -0.39 is 0 Å². The molecule has 0 radical (unpaired) electrons. The van der Waals surface area contributed by atoms with Crippen LogP contribution in [0.2, 0.25) is 0 Å². The topological polar surface area (TPSA) is 59.6 Å². The average Bonchev–Trinajstić information content (AvgIpc) is 2.55. The second-order valence-corrected chi connectivity index (χ2v) is 6.19. The van der Waals surface area contributed by atoms with Crippen LogP contribution in [0.5, 0.6) is 11.5 Å². The Morgan fingerprint density at radius 2 is 2.13 bits per heavy atom. The van der Waals surface area contributed by atoms with E-state index in [1.165, 1.54) is 12.8 Å². The first-order valence-corrected chi connectivity index (χ1v) is 8.12. The maximum absolute atomic E-state index is 12.2. The molecule has 2 N–H and O–H groups in total. The molecule has 3 rings (SSSR count). The molecule has 2 heterocycles. The normalized spacial score (nSPS) is 21.0. The Hall–Kier alpha value is -1.46. The first-order chi connectivity index (χ1) is 10.7. The molecule has 1 aromatic rings. The number of carbonyl (C=O) groups excluding carboxylic acids is 1. The maximum Gasteiger partial charge on any atom is 0.224 e. The molecular weight excluding hydrogens is 316 g/mol. The summed E-state index contributed by atoms with van der Waals surface area (Å²) in [7, 11) is 0. The Labute approximate surface area is 143 Å². The minimum Gasteiger partial charge on any atom is -0.486 e. The third kappa shape index (κ3) is 4.75. The number of carbonyl (C=O) groups is 1.